The molecule has 0 radical (unpaired) electrons. The maximum Gasteiger partial charge on any atom is 0.198 e. The molecule has 3 heteroatoms. The summed E-state index contributed by atoms with van der Waals surface area (Å²) in [6.45, 7) is 0. The van der Waals surface area contributed by atoms with Crippen LogP contribution in [0, 0.1) is 0 Å². The third kappa shape index (κ3) is 2.57. The summed E-state index contributed by atoms with van der Waals surface area (Å²) >= 11 is 3.54. The molecule has 21 heavy (non-hydrogen) atoms. The van der Waals surface area contributed by atoms with Gasteiger partial charge in [-0.15, -0.1) is 0 Å². The van der Waals surface area contributed by atoms with Crippen LogP contribution in [-0.2, 0) is 7.05 Å². The summed E-state index contributed by atoms with van der Waals surface area (Å²) in [6, 6.07) is 19.5. The van der Waals surface area contributed by atoms with Gasteiger partial charge in [-0.1, -0.05) is 60.7 Å². The molecule has 0 aliphatic carbocycles. The molecule has 0 unspecified atom stereocenters. The van der Waals surface area contributed by atoms with Gasteiger partial charge in [0.25, 0.3) is 0 Å². The van der Waals surface area contributed by atoms with Crippen LogP contribution < -0.4 is 5.43 Å². The van der Waals surface area contributed by atoms with Gasteiger partial charge < -0.3 is 4.57 Å². The van der Waals surface area contributed by atoms with Crippen molar-refractivity contribution in [3.63, 3.8) is 0 Å². The van der Waals surface area contributed by atoms with Crippen molar-refractivity contribution in [2.75, 3.05) is 0 Å². The summed E-state index contributed by atoms with van der Waals surface area (Å²) in [5.41, 5.74) is 3.29. The van der Waals surface area contributed by atoms with Gasteiger partial charge in [-0.2, -0.15) is 0 Å². The molecule has 2 nitrogen and oxygen atoms in total. The molecule has 0 fully saturated rings. The van der Waals surface area contributed by atoms with E-state index in [1.165, 1.54) is 0 Å². The van der Waals surface area contributed by atoms with E-state index in [1.807, 2.05) is 78.5 Å². The van der Waals surface area contributed by atoms with Gasteiger partial charge in [-0.3, -0.25) is 4.79 Å². The van der Waals surface area contributed by atoms with E-state index in [1.54, 1.807) is 0 Å². The van der Waals surface area contributed by atoms with Crippen LogP contribution in [0.4, 0.5) is 0 Å². The average molecular weight is 340 g/mol. The number of hydrogen-bond acceptors (Lipinski definition) is 1. The highest BCUT2D eigenvalue weighted by Crippen LogP contribution is 2.27. The summed E-state index contributed by atoms with van der Waals surface area (Å²) in [5, 5.41) is 0. The van der Waals surface area contributed by atoms with Gasteiger partial charge >= 0.3 is 0 Å². The molecule has 0 aliphatic rings. The van der Waals surface area contributed by atoms with Crippen molar-refractivity contribution in [3.05, 3.63) is 81.7 Å². The number of halogens is 1. The maximum atomic E-state index is 12.9. The summed E-state index contributed by atoms with van der Waals surface area (Å²) in [4.78, 5) is 12.9. The molecule has 0 saturated carbocycles. The number of pyridine rings is 1. The van der Waals surface area contributed by atoms with Crippen molar-refractivity contribution in [3.8, 4) is 22.3 Å². The number of nitrogens with zero attached hydrogens (tertiary/aromatic N) is 1. The Morgan fingerprint density at radius 1 is 0.857 bits per heavy atom. The number of rotatable bonds is 2. The first-order valence-corrected chi connectivity index (χ1v) is 7.48. The van der Waals surface area contributed by atoms with E-state index in [2.05, 4.69) is 15.9 Å². The summed E-state index contributed by atoms with van der Waals surface area (Å²) in [6.07, 6.45) is 1.87. The molecule has 0 spiro atoms. The van der Waals surface area contributed by atoms with Crippen LogP contribution in [-0.4, -0.2) is 4.57 Å². The predicted molar refractivity (Wildman–Crippen MR) is 90.3 cm³/mol. The first-order chi connectivity index (χ1) is 10.2. The van der Waals surface area contributed by atoms with Crippen LogP contribution >= 0.6 is 15.9 Å². The van der Waals surface area contributed by atoms with Gasteiger partial charge in [-0.25, -0.2) is 0 Å². The van der Waals surface area contributed by atoms with E-state index < -0.39 is 0 Å². The Kier molecular flexibility index (Phi) is 3.76. The molecule has 0 N–H and O–H groups in total. The Morgan fingerprint density at radius 3 is 1.95 bits per heavy atom. The molecule has 0 saturated heterocycles. The second-order valence-corrected chi connectivity index (χ2v) is 5.63. The zero-order valence-electron chi connectivity index (χ0n) is 11.6. The van der Waals surface area contributed by atoms with E-state index >= 15 is 0 Å². The van der Waals surface area contributed by atoms with Gasteiger partial charge in [0.15, 0.2) is 5.43 Å². The molecule has 1 aromatic heterocycles. The lowest BCUT2D eigenvalue weighted by atomic mass is 10.0. The van der Waals surface area contributed by atoms with Crippen LogP contribution in [0.1, 0.15) is 0 Å². The quantitative estimate of drug-likeness (QED) is 0.631. The second kappa shape index (κ2) is 5.70. The average Bonchev–Trinajstić information content (AvgIpc) is 2.53. The topological polar surface area (TPSA) is 22.0 Å². The molecule has 0 amide bonds. The minimum absolute atomic E-state index is 0.0392. The molecule has 104 valence electrons. The van der Waals surface area contributed by atoms with Gasteiger partial charge in [-0.05, 0) is 27.1 Å². The highest BCUT2D eigenvalue weighted by molar-refractivity contribution is 9.10. The van der Waals surface area contributed by atoms with Crippen LogP contribution in [0.25, 0.3) is 22.3 Å². The molecule has 2 aromatic carbocycles. The summed E-state index contributed by atoms with van der Waals surface area (Å²) in [7, 11) is 1.93. The van der Waals surface area contributed by atoms with Gasteiger partial charge in [0.2, 0.25) is 0 Å². The molecule has 0 bridgehead atoms. The van der Waals surface area contributed by atoms with Crippen molar-refractivity contribution < 1.29 is 0 Å². The zero-order chi connectivity index (χ0) is 14.8. The lowest BCUT2D eigenvalue weighted by Gasteiger charge is -2.12. The zero-order valence-corrected chi connectivity index (χ0v) is 13.2. The summed E-state index contributed by atoms with van der Waals surface area (Å²) in [5.74, 6) is 0. The van der Waals surface area contributed by atoms with Crippen molar-refractivity contribution in [2.24, 2.45) is 7.05 Å². The van der Waals surface area contributed by atoms with E-state index in [-0.39, 0.29) is 5.43 Å². The van der Waals surface area contributed by atoms with Crippen LogP contribution in [0.3, 0.4) is 0 Å². The van der Waals surface area contributed by atoms with Gasteiger partial charge in [0, 0.05) is 18.8 Å². The SMILES string of the molecule is Cn1cc(-c2ccccc2)c(=O)c(-c2ccccc2)c1Br. The molecular weight excluding hydrogens is 326 g/mol. The van der Waals surface area contributed by atoms with Crippen molar-refractivity contribution >= 4 is 15.9 Å². The monoisotopic (exact) mass is 339 g/mol. The van der Waals surface area contributed by atoms with Crippen molar-refractivity contribution in [1.82, 2.24) is 4.57 Å². The number of hydrogen-bond donors (Lipinski definition) is 0. The highest BCUT2D eigenvalue weighted by Gasteiger charge is 2.15. The van der Waals surface area contributed by atoms with Crippen LogP contribution in [0.2, 0.25) is 0 Å². The first-order valence-electron chi connectivity index (χ1n) is 6.68. The molecular formula is C18H14BrNO. The normalized spacial score (nSPS) is 10.6. The fourth-order valence-corrected chi connectivity index (χ4v) is 2.90. The molecule has 1 heterocycles. The minimum Gasteiger partial charge on any atom is -0.344 e. The van der Waals surface area contributed by atoms with Crippen LogP contribution in [0.5, 0.6) is 0 Å². The number of benzene rings is 2. The fourth-order valence-electron chi connectivity index (χ4n) is 2.39. The predicted octanol–water partition coefficient (Wildman–Crippen LogP) is 4.48. The van der Waals surface area contributed by atoms with Crippen molar-refractivity contribution in [2.45, 2.75) is 0 Å². The highest BCUT2D eigenvalue weighted by atomic mass is 79.9. The lowest BCUT2D eigenvalue weighted by molar-refractivity contribution is 0.877. The van der Waals surface area contributed by atoms with E-state index in [0.29, 0.717) is 11.1 Å². The lowest BCUT2D eigenvalue weighted by Crippen LogP contribution is -2.13. The molecule has 3 aromatic rings. The van der Waals surface area contributed by atoms with Crippen molar-refractivity contribution in [1.29, 1.82) is 0 Å². The Labute approximate surface area is 131 Å². The molecule has 3 rings (SSSR count). The Balaban J connectivity index is 2.32. The van der Waals surface area contributed by atoms with Gasteiger partial charge in [0.05, 0.1) is 10.2 Å². The number of aromatic nitrogens is 1. The van der Waals surface area contributed by atoms with E-state index in [0.717, 1.165) is 15.7 Å². The van der Waals surface area contributed by atoms with E-state index in [4.69, 9.17) is 0 Å². The first kappa shape index (κ1) is 13.8. The number of aryl methyl sites for hydroxylation is 1. The third-order valence-corrected chi connectivity index (χ3v) is 4.41. The second-order valence-electron chi connectivity index (χ2n) is 4.88. The maximum absolute atomic E-state index is 12.9. The van der Waals surface area contributed by atoms with Gasteiger partial charge in [0.1, 0.15) is 0 Å². The third-order valence-electron chi connectivity index (χ3n) is 3.46. The Morgan fingerprint density at radius 2 is 1.38 bits per heavy atom. The van der Waals surface area contributed by atoms with Crippen LogP contribution in [0.15, 0.2) is 76.3 Å². The Bertz CT molecular complexity index is 823. The fraction of sp³-hybridized carbons (Fsp3) is 0.0556. The standard InChI is InChI=1S/C18H14BrNO/c1-20-12-15(13-8-4-2-5-9-13)17(21)16(18(20)19)14-10-6-3-7-11-14/h2-12H,1H3. The van der Waals surface area contributed by atoms with E-state index in [9.17, 15) is 4.79 Å². The smallest absolute Gasteiger partial charge is 0.198 e. The Hall–Kier alpha value is -2.13. The minimum atomic E-state index is 0.0392. The molecule has 0 atom stereocenters. The summed E-state index contributed by atoms with van der Waals surface area (Å²) < 4.78 is 2.73. The molecule has 0 aliphatic heterocycles. The largest absolute Gasteiger partial charge is 0.344 e.